The lowest BCUT2D eigenvalue weighted by molar-refractivity contribution is 0.464. The first-order chi connectivity index (χ1) is 4.83. The average Bonchev–Trinajstić information content (AvgIpc) is 2.40. The molecule has 0 saturated carbocycles. The van der Waals surface area contributed by atoms with Crippen LogP contribution in [-0.4, -0.2) is 18.6 Å². The summed E-state index contributed by atoms with van der Waals surface area (Å²) in [6, 6.07) is 1.11. The Hall–Kier alpha value is -0.340. The molecular weight excluding hydrogens is 124 g/mol. The van der Waals surface area contributed by atoms with Gasteiger partial charge in [0, 0.05) is 18.6 Å². The van der Waals surface area contributed by atoms with Crippen LogP contribution in [0.2, 0.25) is 0 Å². The van der Waals surface area contributed by atoms with E-state index in [0.29, 0.717) is 12.1 Å². The highest BCUT2D eigenvalue weighted by molar-refractivity contribution is 4.98. The molecular formula is C8H16N2. The number of hydrogen-bond donors (Lipinski definition) is 2. The van der Waals surface area contributed by atoms with E-state index in [1.54, 1.807) is 0 Å². The highest BCUT2D eigenvalue weighted by Crippen LogP contribution is 2.09. The highest BCUT2D eigenvalue weighted by atomic mass is 15.0. The van der Waals surface area contributed by atoms with E-state index >= 15 is 0 Å². The van der Waals surface area contributed by atoms with Gasteiger partial charge in [-0.25, -0.2) is 0 Å². The smallest absolute Gasteiger partial charge is 0.0164 e. The Morgan fingerprint density at radius 1 is 1.60 bits per heavy atom. The molecule has 0 aromatic carbocycles. The standard InChI is InChI=1S/C8H16N2/c1-7(6-9)10-8-4-2-3-5-8/h2-3,7-8,10H,4-6,9H2,1H3. The molecule has 58 valence electrons. The van der Waals surface area contributed by atoms with Crippen molar-refractivity contribution in [1.29, 1.82) is 0 Å². The molecule has 0 amide bonds. The van der Waals surface area contributed by atoms with Gasteiger partial charge in [0.2, 0.25) is 0 Å². The summed E-state index contributed by atoms with van der Waals surface area (Å²) >= 11 is 0. The maximum absolute atomic E-state index is 5.47. The van der Waals surface area contributed by atoms with Gasteiger partial charge in [-0.3, -0.25) is 0 Å². The van der Waals surface area contributed by atoms with Crippen LogP contribution in [0.3, 0.4) is 0 Å². The minimum Gasteiger partial charge on any atom is -0.329 e. The van der Waals surface area contributed by atoms with E-state index in [0.717, 1.165) is 6.54 Å². The molecule has 0 radical (unpaired) electrons. The molecule has 1 aliphatic rings. The van der Waals surface area contributed by atoms with E-state index in [9.17, 15) is 0 Å². The van der Waals surface area contributed by atoms with Gasteiger partial charge in [-0.1, -0.05) is 12.2 Å². The molecule has 0 fully saturated rings. The largest absolute Gasteiger partial charge is 0.329 e. The molecule has 0 aromatic heterocycles. The zero-order chi connectivity index (χ0) is 7.40. The van der Waals surface area contributed by atoms with E-state index < -0.39 is 0 Å². The molecule has 0 bridgehead atoms. The van der Waals surface area contributed by atoms with Crippen LogP contribution in [0.1, 0.15) is 19.8 Å². The van der Waals surface area contributed by atoms with Crippen LogP contribution in [-0.2, 0) is 0 Å². The lowest BCUT2D eigenvalue weighted by atomic mass is 10.2. The van der Waals surface area contributed by atoms with Crippen molar-refractivity contribution in [2.45, 2.75) is 31.8 Å². The number of nitrogens with one attached hydrogen (secondary N) is 1. The van der Waals surface area contributed by atoms with Gasteiger partial charge in [0.05, 0.1) is 0 Å². The van der Waals surface area contributed by atoms with Crippen LogP contribution in [0.25, 0.3) is 0 Å². The first-order valence-corrected chi connectivity index (χ1v) is 3.94. The Bertz CT molecular complexity index is 112. The van der Waals surface area contributed by atoms with Crippen molar-refractivity contribution in [3.63, 3.8) is 0 Å². The SMILES string of the molecule is CC(CN)NC1CC=CC1. The lowest BCUT2D eigenvalue weighted by Gasteiger charge is -2.16. The summed E-state index contributed by atoms with van der Waals surface area (Å²) in [5.41, 5.74) is 5.47. The molecule has 1 unspecified atom stereocenters. The zero-order valence-corrected chi connectivity index (χ0v) is 6.51. The molecule has 0 spiro atoms. The average molecular weight is 140 g/mol. The van der Waals surface area contributed by atoms with Gasteiger partial charge in [0.25, 0.3) is 0 Å². The predicted octanol–water partition coefficient (Wildman–Crippen LogP) is 0.642. The van der Waals surface area contributed by atoms with E-state index in [2.05, 4.69) is 24.4 Å². The van der Waals surface area contributed by atoms with Crippen LogP contribution >= 0.6 is 0 Å². The minimum atomic E-state index is 0.463. The molecule has 0 saturated heterocycles. The predicted molar refractivity (Wildman–Crippen MR) is 43.8 cm³/mol. The van der Waals surface area contributed by atoms with Gasteiger partial charge in [0.15, 0.2) is 0 Å². The van der Waals surface area contributed by atoms with Crippen LogP contribution in [0.5, 0.6) is 0 Å². The van der Waals surface area contributed by atoms with Crippen molar-refractivity contribution in [3.05, 3.63) is 12.2 Å². The van der Waals surface area contributed by atoms with E-state index in [1.807, 2.05) is 0 Å². The molecule has 1 rings (SSSR count). The molecule has 1 aliphatic carbocycles. The Morgan fingerprint density at radius 3 is 2.70 bits per heavy atom. The normalized spacial score (nSPS) is 21.8. The van der Waals surface area contributed by atoms with Gasteiger partial charge in [-0.05, 0) is 19.8 Å². The third-order valence-corrected chi connectivity index (χ3v) is 1.88. The summed E-state index contributed by atoms with van der Waals surface area (Å²) in [7, 11) is 0. The van der Waals surface area contributed by atoms with Crippen molar-refractivity contribution in [2.24, 2.45) is 5.73 Å². The zero-order valence-electron chi connectivity index (χ0n) is 6.51. The quantitative estimate of drug-likeness (QED) is 0.565. The van der Waals surface area contributed by atoms with Crippen molar-refractivity contribution >= 4 is 0 Å². The molecule has 2 heteroatoms. The van der Waals surface area contributed by atoms with Gasteiger partial charge in [-0.15, -0.1) is 0 Å². The van der Waals surface area contributed by atoms with Crippen LogP contribution < -0.4 is 11.1 Å². The summed E-state index contributed by atoms with van der Waals surface area (Å²) < 4.78 is 0. The molecule has 0 heterocycles. The first-order valence-electron chi connectivity index (χ1n) is 3.94. The number of hydrogen-bond acceptors (Lipinski definition) is 2. The van der Waals surface area contributed by atoms with Crippen molar-refractivity contribution in [2.75, 3.05) is 6.54 Å². The second-order valence-electron chi connectivity index (χ2n) is 2.94. The van der Waals surface area contributed by atoms with Crippen LogP contribution in [0.4, 0.5) is 0 Å². The van der Waals surface area contributed by atoms with E-state index in [1.165, 1.54) is 12.8 Å². The summed E-state index contributed by atoms with van der Waals surface area (Å²) in [6.07, 6.45) is 6.79. The third-order valence-electron chi connectivity index (χ3n) is 1.88. The maximum Gasteiger partial charge on any atom is 0.0164 e. The van der Waals surface area contributed by atoms with Gasteiger partial charge in [0.1, 0.15) is 0 Å². The fraction of sp³-hybridized carbons (Fsp3) is 0.750. The summed E-state index contributed by atoms with van der Waals surface area (Å²) in [6.45, 7) is 2.86. The summed E-state index contributed by atoms with van der Waals surface area (Å²) in [4.78, 5) is 0. The molecule has 10 heavy (non-hydrogen) atoms. The number of rotatable bonds is 3. The first kappa shape index (κ1) is 7.76. The lowest BCUT2D eigenvalue weighted by Crippen LogP contribution is -2.39. The van der Waals surface area contributed by atoms with Gasteiger partial charge >= 0.3 is 0 Å². The fourth-order valence-corrected chi connectivity index (χ4v) is 1.22. The Kier molecular flexibility index (Phi) is 2.90. The molecule has 1 atom stereocenters. The van der Waals surface area contributed by atoms with Crippen LogP contribution in [0, 0.1) is 0 Å². The van der Waals surface area contributed by atoms with Crippen molar-refractivity contribution in [1.82, 2.24) is 5.32 Å². The second kappa shape index (κ2) is 3.74. The molecule has 3 N–H and O–H groups in total. The van der Waals surface area contributed by atoms with Crippen LogP contribution in [0.15, 0.2) is 12.2 Å². The number of nitrogens with two attached hydrogens (primary N) is 1. The third kappa shape index (κ3) is 2.12. The monoisotopic (exact) mass is 140 g/mol. The van der Waals surface area contributed by atoms with Gasteiger partial charge in [-0.2, -0.15) is 0 Å². The summed E-state index contributed by atoms with van der Waals surface area (Å²) in [5.74, 6) is 0. The Morgan fingerprint density at radius 2 is 2.20 bits per heavy atom. The summed E-state index contributed by atoms with van der Waals surface area (Å²) in [5, 5.41) is 3.44. The molecule has 0 aromatic rings. The Labute approximate surface area is 62.5 Å². The van der Waals surface area contributed by atoms with E-state index in [-0.39, 0.29) is 0 Å². The highest BCUT2D eigenvalue weighted by Gasteiger charge is 2.10. The maximum atomic E-state index is 5.47. The van der Waals surface area contributed by atoms with E-state index in [4.69, 9.17) is 5.73 Å². The van der Waals surface area contributed by atoms with Crippen molar-refractivity contribution < 1.29 is 0 Å². The second-order valence-corrected chi connectivity index (χ2v) is 2.94. The molecule has 2 nitrogen and oxygen atoms in total. The minimum absolute atomic E-state index is 0.463. The van der Waals surface area contributed by atoms with Crippen molar-refractivity contribution in [3.8, 4) is 0 Å². The fourth-order valence-electron chi connectivity index (χ4n) is 1.22. The van der Waals surface area contributed by atoms with Gasteiger partial charge < -0.3 is 11.1 Å². The Balaban J connectivity index is 2.13. The molecule has 0 aliphatic heterocycles. The topological polar surface area (TPSA) is 38.0 Å².